The molecule has 124 valence electrons. The topological polar surface area (TPSA) is 79.0 Å². The Bertz CT molecular complexity index is 897. The number of carbonyl (C=O) groups is 1. The van der Waals surface area contributed by atoms with Crippen LogP contribution >= 0.6 is 22.6 Å². The summed E-state index contributed by atoms with van der Waals surface area (Å²) >= 11 is 2.04. The van der Waals surface area contributed by atoms with Crippen LogP contribution in [0.1, 0.15) is 10.4 Å². The van der Waals surface area contributed by atoms with Gasteiger partial charge in [-0.2, -0.15) is 5.10 Å². The molecule has 0 atom stereocenters. The van der Waals surface area contributed by atoms with Crippen LogP contribution in [0.15, 0.2) is 36.5 Å². The van der Waals surface area contributed by atoms with Gasteiger partial charge in [0, 0.05) is 16.1 Å². The summed E-state index contributed by atoms with van der Waals surface area (Å²) in [6, 6.07) is 8.24. The summed E-state index contributed by atoms with van der Waals surface area (Å²) in [7, 11) is 1.49. The van der Waals surface area contributed by atoms with E-state index in [4.69, 9.17) is 4.74 Å². The number of amides is 1. The third kappa shape index (κ3) is 3.34. The van der Waals surface area contributed by atoms with Gasteiger partial charge in [0.2, 0.25) is 0 Å². The minimum absolute atomic E-state index is 0.0829. The fourth-order valence-corrected chi connectivity index (χ4v) is 2.75. The van der Waals surface area contributed by atoms with Gasteiger partial charge in [-0.25, -0.2) is 4.39 Å². The molecular weight excluding hydrogens is 426 g/mol. The molecule has 0 aliphatic heterocycles. The molecule has 3 rings (SSSR count). The Balaban J connectivity index is 2.06. The Morgan fingerprint density at radius 2 is 2.21 bits per heavy atom. The Morgan fingerprint density at radius 1 is 1.38 bits per heavy atom. The number of aromatic nitrogens is 2. The van der Waals surface area contributed by atoms with Gasteiger partial charge >= 0.3 is 0 Å². The van der Waals surface area contributed by atoms with Crippen molar-refractivity contribution in [2.75, 3.05) is 19.2 Å². The number of halogens is 2. The van der Waals surface area contributed by atoms with Crippen molar-refractivity contribution in [3.05, 3.63) is 51.5 Å². The minimum atomic E-state index is -0.398. The molecule has 0 unspecified atom stereocenters. The van der Waals surface area contributed by atoms with Gasteiger partial charge in [-0.15, -0.1) is 0 Å². The first kappa shape index (κ1) is 16.7. The molecule has 0 saturated carbocycles. The zero-order chi connectivity index (χ0) is 17.1. The molecule has 0 aliphatic rings. The van der Waals surface area contributed by atoms with Gasteiger partial charge in [0.05, 0.1) is 28.7 Å². The second-order valence-electron chi connectivity index (χ2n) is 5.01. The maximum Gasteiger partial charge on any atom is 0.255 e. The van der Waals surface area contributed by atoms with Crippen molar-refractivity contribution in [3.8, 4) is 0 Å². The average molecular weight is 440 g/mol. The van der Waals surface area contributed by atoms with E-state index in [-0.39, 0.29) is 18.3 Å². The van der Waals surface area contributed by atoms with Crippen LogP contribution in [0.25, 0.3) is 10.9 Å². The molecular formula is C16H14FIN4O2. The Labute approximate surface area is 150 Å². The summed E-state index contributed by atoms with van der Waals surface area (Å²) in [6.07, 6.45) is 1.59. The molecule has 2 aromatic carbocycles. The molecule has 3 aromatic rings. The Kier molecular flexibility index (Phi) is 4.95. The molecule has 8 heteroatoms. The summed E-state index contributed by atoms with van der Waals surface area (Å²) in [6.45, 7) is 0.0829. The molecule has 3 N–H and O–H groups in total. The van der Waals surface area contributed by atoms with E-state index < -0.39 is 5.82 Å². The smallest absolute Gasteiger partial charge is 0.255 e. The summed E-state index contributed by atoms with van der Waals surface area (Å²) in [5, 5.41) is 13.2. The molecule has 24 heavy (non-hydrogen) atoms. The molecule has 0 bridgehead atoms. The highest BCUT2D eigenvalue weighted by atomic mass is 127. The summed E-state index contributed by atoms with van der Waals surface area (Å²) in [4.78, 5) is 12.4. The second kappa shape index (κ2) is 7.14. The van der Waals surface area contributed by atoms with Crippen LogP contribution in [0.5, 0.6) is 0 Å². The minimum Gasteiger partial charge on any atom is -0.364 e. The van der Waals surface area contributed by atoms with Crippen LogP contribution < -0.4 is 10.6 Å². The number of fused-ring (bicyclic) bond motifs is 1. The number of nitrogens with zero attached hydrogens (tertiary/aromatic N) is 1. The fraction of sp³-hybridized carbons (Fsp3) is 0.125. The Hall–Kier alpha value is -2.20. The highest BCUT2D eigenvalue weighted by Crippen LogP contribution is 2.30. The first-order chi connectivity index (χ1) is 11.6. The van der Waals surface area contributed by atoms with Crippen molar-refractivity contribution in [3.63, 3.8) is 0 Å². The number of aromatic amines is 1. The summed E-state index contributed by atoms with van der Waals surface area (Å²) in [5.74, 6) is -0.723. The quantitative estimate of drug-likeness (QED) is 0.420. The molecule has 1 amide bonds. The van der Waals surface area contributed by atoms with E-state index in [1.165, 1.54) is 13.2 Å². The van der Waals surface area contributed by atoms with Crippen molar-refractivity contribution in [1.29, 1.82) is 0 Å². The van der Waals surface area contributed by atoms with Crippen molar-refractivity contribution in [2.24, 2.45) is 0 Å². The molecule has 1 heterocycles. The number of ether oxygens (including phenoxy) is 1. The van der Waals surface area contributed by atoms with Crippen LogP contribution in [-0.4, -0.2) is 29.9 Å². The van der Waals surface area contributed by atoms with Crippen LogP contribution in [0.2, 0.25) is 0 Å². The molecule has 0 saturated heterocycles. The number of hydrogen-bond acceptors (Lipinski definition) is 4. The molecule has 0 radical (unpaired) electrons. The molecule has 0 aliphatic carbocycles. The predicted molar refractivity (Wildman–Crippen MR) is 97.8 cm³/mol. The van der Waals surface area contributed by atoms with Gasteiger partial charge in [-0.3, -0.25) is 9.89 Å². The lowest BCUT2D eigenvalue weighted by Crippen LogP contribution is -2.26. The maximum atomic E-state index is 14.2. The first-order valence-electron chi connectivity index (χ1n) is 7.05. The van der Waals surface area contributed by atoms with Crippen molar-refractivity contribution >= 4 is 50.8 Å². The molecule has 0 fully saturated rings. The number of hydrogen-bond donors (Lipinski definition) is 3. The van der Waals surface area contributed by atoms with Gasteiger partial charge in [0.1, 0.15) is 12.5 Å². The van der Waals surface area contributed by atoms with Gasteiger partial charge in [0.25, 0.3) is 5.91 Å². The van der Waals surface area contributed by atoms with E-state index in [1.54, 1.807) is 30.5 Å². The summed E-state index contributed by atoms with van der Waals surface area (Å²) < 4.78 is 19.8. The number of rotatable bonds is 5. The maximum absolute atomic E-state index is 14.2. The second-order valence-corrected chi connectivity index (χ2v) is 6.25. The zero-order valence-electron chi connectivity index (χ0n) is 12.7. The van der Waals surface area contributed by atoms with Gasteiger partial charge < -0.3 is 15.4 Å². The van der Waals surface area contributed by atoms with Crippen LogP contribution in [0.4, 0.5) is 15.8 Å². The number of carbonyl (C=O) groups excluding carboxylic acids is 1. The van der Waals surface area contributed by atoms with Crippen LogP contribution in [0, 0.1) is 9.39 Å². The standard InChI is InChI=1S/C16H14FIN4O2/c1-24-8-19-16(23)10-3-5-13-11(7-20-22-13)15(10)21-14-4-2-9(18)6-12(14)17/h2-7,21H,8H2,1H3,(H,19,23)(H,20,22). The number of H-pyrrole nitrogens is 1. The number of methoxy groups -OCH3 is 1. The largest absolute Gasteiger partial charge is 0.364 e. The number of benzene rings is 2. The third-order valence-electron chi connectivity index (χ3n) is 3.44. The van der Waals surface area contributed by atoms with E-state index in [0.29, 0.717) is 16.6 Å². The zero-order valence-corrected chi connectivity index (χ0v) is 14.8. The molecule has 0 spiro atoms. The first-order valence-corrected chi connectivity index (χ1v) is 8.13. The van der Waals surface area contributed by atoms with Crippen molar-refractivity contribution in [1.82, 2.24) is 15.5 Å². The monoisotopic (exact) mass is 440 g/mol. The van der Waals surface area contributed by atoms with E-state index in [9.17, 15) is 9.18 Å². The highest BCUT2D eigenvalue weighted by molar-refractivity contribution is 14.1. The predicted octanol–water partition coefficient (Wildman–Crippen LogP) is 3.38. The van der Waals surface area contributed by atoms with Gasteiger partial charge in [-0.1, -0.05) is 0 Å². The van der Waals surface area contributed by atoms with Gasteiger partial charge in [0.15, 0.2) is 0 Å². The molecule has 1 aromatic heterocycles. The fourth-order valence-electron chi connectivity index (χ4n) is 2.30. The van der Waals surface area contributed by atoms with Crippen LogP contribution in [0.3, 0.4) is 0 Å². The SMILES string of the molecule is COCNC(=O)c1ccc2[nH]ncc2c1Nc1ccc(I)cc1F. The average Bonchev–Trinajstić information content (AvgIpc) is 3.04. The Morgan fingerprint density at radius 3 is 2.96 bits per heavy atom. The summed E-state index contributed by atoms with van der Waals surface area (Å²) in [5.41, 5.74) is 1.88. The number of nitrogens with one attached hydrogen (secondary N) is 3. The lowest BCUT2D eigenvalue weighted by molar-refractivity contribution is 0.0873. The highest BCUT2D eigenvalue weighted by Gasteiger charge is 2.17. The lowest BCUT2D eigenvalue weighted by Gasteiger charge is -2.14. The van der Waals surface area contributed by atoms with Crippen LogP contribution in [-0.2, 0) is 4.74 Å². The van der Waals surface area contributed by atoms with E-state index >= 15 is 0 Å². The lowest BCUT2D eigenvalue weighted by atomic mass is 10.1. The third-order valence-corrected chi connectivity index (χ3v) is 4.11. The normalized spacial score (nSPS) is 10.8. The van der Waals surface area contributed by atoms with E-state index in [0.717, 1.165) is 9.09 Å². The van der Waals surface area contributed by atoms with Gasteiger partial charge in [-0.05, 0) is 52.9 Å². The molecule has 6 nitrogen and oxygen atoms in total. The van der Waals surface area contributed by atoms with Crippen molar-refractivity contribution < 1.29 is 13.9 Å². The number of anilines is 2. The van der Waals surface area contributed by atoms with Crippen molar-refractivity contribution in [2.45, 2.75) is 0 Å². The van der Waals surface area contributed by atoms with E-state index in [1.807, 2.05) is 22.6 Å². The van der Waals surface area contributed by atoms with E-state index in [2.05, 4.69) is 20.8 Å².